The highest BCUT2D eigenvalue weighted by Gasteiger charge is 2.44. The highest BCUT2D eigenvalue weighted by molar-refractivity contribution is 5.93. The number of aryl methyl sites for hydroxylation is 1. The van der Waals surface area contributed by atoms with Gasteiger partial charge in [-0.2, -0.15) is 0 Å². The fourth-order valence-corrected chi connectivity index (χ4v) is 3.11. The molecule has 2 atom stereocenters. The van der Waals surface area contributed by atoms with E-state index in [1.807, 2.05) is 16.8 Å². The molecule has 1 aliphatic carbocycles. The van der Waals surface area contributed by atoms with Crippen LogP contribution in [0.1, 0.15) is 56.4 Å². The first-order valence-electron chi connectivity index (χ1n) is 7.68. The zero-order valence-corrected chi connectivity index (χ0v) is 12.8. The Morgan fingerprint density at radius 1 is 1.48 bits per heavy atom. The van der Waals surface area contributed by atoms with Gasteiger partial charge in [0.1, 0.15) is 5.69 Å². The van der Waals surface area contributed by atoms with Crippen LogP contribution >= 0.6 is 0 Å². The molecule has 1 heterocycles. The van der Waals surface area contributed by atoms with Gasteiger partial charge in [-0.1, -0.05) is 19.8 Å². The predicted octanol–water partition coefficient (Wildman–Crippen LogP) is 2.66. The lowest BCUT2D eigenvalue weighted by atomic mass is 9.71. The van der Waals surface area contributed by atoms with Crippen molar-refractivity contribution in [3.63, 3.8) is 0 Å². The predicted molar refractivity (Wildman–Crippen MR) is 80.2 cm³/mol. The van der Waals surface area contributed by atoms with Gasteiger partial charge in [0.2, 0.25) is 0 Å². The van der Waals surface area contributed by atoms with E-state index >= 15 is 0 Å². The molecule has 5 heteroatoms. The van der Waals surface area contributed by atoms with Crippen molar-refractivity contribution < 1.29 is 14.7 Å². The van der Waals surface area contributed by atoms with Crippen molar-refractivity contribution in [2.45, 2.75) is 58.5 Å². The summed E-state index contributed by atoms with van der Waals surface area (Å²) in [5.41, 5.74) is -0.258. The Morgan fingerprint density at radius 2 is 2.24 bits per heavy atom. The minimum atomic E-state index is -0.865. The van der Waals surface area contributed by atoms with Crippen molar-refractivity contribution in [3.05, 3.63) is 24.0 Å². The van der Waals surface area contributed by atoms with Crippen LogP contribution < -0.4 is 5.32 Å². The number of nitrogens with zero attached hydrogens (tertiary/aromatic N) is 1. The van der Waals surface area contributed by atoms with Gasteiger partial charge >= 0.3 is 5.97 Å². The topological polar surface area (TPSA) is 71.3 Å². The molecule has 0 spiro atoms. The summed E-state index contributed by atoms with van der Waals surface area (Å²) in [5, 5.41) is 12.4. The number of nitrogens with one attached hydrogen (secondary N) is 1. The maximum atomic E-state index is 12.5. The summed E-state index contributed by atoms with van der Waals surface area (Å²) < 4.78 is 1.91. The number of aliphatic carboxylic acids is 1. The van der Waals surface area contributed by atoms with E-state index in [-0.39, 0.29) is 11.9 Å². The number of aromatic nitrogens is 1. The van der Waals surface area contributed by atoms with Crippen molar-refractivity contribution in [1.29, 1.82) is 0 Å². The van der Waals surface area contributed by atoms with Crippen molar-refractivity contribution >= 4 is 11.9 Å². The summed E-state index contributed by atoms with van der Waals surface area (Å²) in [6.07, 6.45) is 6.04. The second kappa shape index (κ2) is 6.33. The van der Waals surface area contributed by atoms with Gasteiger partial charge < -0.3 is 15.0 Å². The van der Waals surface area contributed by atoms with Crippen molar-refractivity contribution in [2.75, 3.05) is 0 Å². The Labute approximate surface area is 125 Å². The highest BCUT2D eigenvalue weighted by Crippen LogP contribution is 2.36. The summed E-state index contributed by atoms with van der Waals surface area (Å²) in [4.78, 5) is 24.0. The van der Waals surface area contributed by atoms with Crippen LogP contribution in [0.25, 0.3) is 0 Å². The van der Waals surface area contributed by atoms with Gasteiger partial charge in [-0.25, -0.2) is 0 Å². The minimum Gasteiger partial charge on any atom is -0.481 e. The molecular weight excluding hydrogens is 268 g/mol. The molecule has 0 aromatic carbocycles. The van der Waals surface area contributed by atoms with Crippen LogP contribution in [0.5, 0.6) is 0 Å². The number of hydrogen-bond acceptors (Lipinski definition) is 2. The third-order valence-electron chi connectivity index (χ3n) is 4.53. The standard InChI is InChI=1S/C16H24N2O3/c1-3-10-18-11-6-7-12(18)14(19)17-13-8-4-5-9-16(13,2)15(20)21/h6-7,11,13H,3-5,8-10H2,1-2H3,(H,17,19)(H,20,21). The molecule has 5 nitrogen and oxygen atoms in total. The van der Waals surface area contributed by atoms with Gasteiger partial charge in [-0.05, 0) is 38.3 Å². The molecule has 0 radical (unpaired) electrons. The molecule has 21 heavy (non-hydrogen) atoms. The van der Waals surface area contributed by atoms with E-state index in [4.69, 9.17) is 0 Å². The zero-order chi connectivity index (χ0) is 15.5. The van der Waals surface area contributed by atoms with Crippen molar-refractivity contribution in [2.24, 2.45) is 5.41 Å². The number of rotatable bonds is 5. The number of carboxylic acid groups (broad SMARTS) is 1. The Kier molecular flexibility index (Phi) is 4.70. The Balaban J connectivity index is 2.13. The third kappa shape index (κ3) is 3.12. The molecule has 0 saturated heterocycles. The van der Waals surface area contributed by atoms with Crippen LogP contribution in [0.2, 0.25) is 0 Å². The Bertz CT molecular complexity index is 523. The van der Waals surface area contributed by atoms with Gasteiger partial charge in [-0.3, -0.25) is 9.59 Å². The average molecular weight is 292 g/mol. The summed E-state index contributed by atoms with van der Waals surface area (Å²) in [6, 6.07) is 3.33. The van der Waals surface area contributed by atoms with Crippen molar-refractivity contribution in [3.8, 4) is 0 Å². The van der Waals surface area contributed by atoms with E-state index in [0.717, 1.165) is 32.2 Å². The maximum Gasteiger partial charge on any atom is 0.311 e. The molecule has 1 aliphatic rings. The molecular formula is C16H24N2O3. The first kappa shape index (κ1) is 15.6. The monoisotopic (exact) mass is 292 g/mol. The normalized spacial score (nSPS) is 25.5. The number of amides is 1. The van der Waals surface area contributed by atoms with Crippen LogP contribution in [-0.4, -0.2) is 27.6 Å². The Hall–Kier alpha value is -1.78. The number of carboxylic acids is 1. The lowest BCUT2D eigenvalue weighted by molar-refractivity contribution is -0.151. The molecule has 2 rings (SSSR count). The second-order valence-electron chi connectivity index (χ2n) is 6.08. The van der Waals surface area contributed by atoms with Crippen LogP contribution in [0.3, 0.4) is 0 Å². The molecule has 116 valence electrons. The molecule has 1 amide bonds. The molecule has 0 aliphatic heterocycles. The Morgan fingerprint density at radius 3 is 2.90 bits per heavy atom. The summed E-state index contributed by atoms with van der Waals surface area (Å²) in [6.45, 7) is 4.59. The average Bonchev–Trinajstić information content (AvgIpc) is 2.90. The first-order valence-corrected chi connectivity index (χ1v) is 7.68. The molecule has 0 bridgehead atoms. The van der Waals surface area contributed by atoms with Gasteiger partial charge in [0.05, 0.1) is 5.41 Å². The summed E-state index contributed by atoms with van der Waals surface area (Å²) >= 11 is 0. The number of carbonyl (C=O) groups excluding carboxylic acids is 1. The second-order valence-corrected chi connectivity index (χ2v) is 6.08. The number of carbonyl (C=O) groups is 2. The van der Waals surface area contributed by atoms with Crippen molar-refractivity contribution in [1.82, 2.24) is 9.88 Å². The maximum absolute atomic E-state index is 12.5. The highest BCUT2D eigenvalue weighted by atomic mass is 16.4. The van der Waals surface area contributed by atoms with E-state index in [2.05, 4.69) is 12.2 Å². The molecule has 1 aromatic rings. The largest absolute Gasteiger partial charge is 0.481 e. The SMILES string of the molecule is CCCn1cccc1C(=O)NC1CCCCC1(C)C(=O)O. The van der Waals surface area contributed by atoms with Gasteiger partial charge in [0, 0.05) is 18.8 Å². The van der Waals surface area contributed by atoms with Gasteiger partial charge in [0.25, 0.3) is 5.91 Å². The van der Waals surface area contributed by atoms with E-state index < -0.39 is 11.4 Å². The molecule has 1 fully saturated rings. The molecule has 2 unspecified atom stereocenters. The van der Waals surface area contributed by atoms with Crippen LogP contribution in [0.15, 0.2) is 18.3 Å². The van der Waals surface area contributed by atoms with Gasteiger partial charge in [0.15, 0.2) is 0 Å². The summed E-state index contributed by atoms with van der Waals surface area (Å²) in [5.74, 6) is -0.996. The smallest absolute Gasteiger partial charge is 0.311 e. The van der Waals surface area contributed by atoms with Crippen LogP contribution in [-0.2, 0) is 11.3 Å². The summed E-state index contributed by atoms with van der Waals surface area (Å²) in [7, 11) is 0. The lowest BCUT2D eigenvalue weighted by Gasteiger charge is -2.38. The molecule has 1 saturated carbocycles. The van der Waals surface area contributed by atoms with E-state index in [0.29, 0.717) is 12.1 Å². The van der Waals surface area contributed by atoms with E-state index in [1.165, 1.54) is 0 Å². The minimum absolute atomic E-state index is 0.173. The third-order valence-corrected chi connectivity index (χ3v) is 4.53. The number of hydrogen-bond donors (Lipinski definition) is 2. The quantitative estimate of drug-likeness (QED) is 0.876. The lowest BCUT2D eigenvalue weighted by Crippen LogP contribution is -2.52. The first-order chi connectivity index (χ1) is 9.99. The van der Waals surface area contributed by atoms with Crippen LogP contribution in [0, 0.1) is 5.41 Å². The fourth-order valence-electron chi connectivity index (χ4n) is 3.11. The van der Waals surface area contributed by atoms with E-state index in [1.54, 1.807) is 13.0 Å². The zero-order valence-electron chi connectivity index (χ0n) is 12.8. The fraction of sp³-hybridized carbons (Fsp3) is 0.625. The molecule has 2 N–H and O–H groups in total. The molecule has 1 aromatic heterocycles. The van der Waals surface area contributed by atoms with Crippen LogP contribution in [0.4, 0.5) is 0 Å². The van der Waals surface area contributed by atoms with Gasteiger partial charge in [-0.15, -0.1) is 0 Å². The van der Waals surface area contributed by atoms with E-state index in [9.17, 15) is 14.7 Å².